The number of hydrogen-bond acceptors (Lipinski definition) is 6. The topological polar surface area (TPSA) is 78.9 Å². The normalized spacial score (nSPS) is 12.0. The number of unbranched alkanes of at least 4 members (excludes halogenated alkanes) is 37. The Bertz CT molecular complexity index is 918. The molecule has 0 spiro atoms. The van der Waals surface area contributed by atoms with Gasteiger partial charge >= 0.3 is 17.9 Å². The lowest BCUT2D eigenvalue weighted by Crippen LogP contribution is -2.30. The molecule has 362 valence electrons. The second-order valence-electron chi connectivity index (χ2n) is 19.3. The third-order valence-electron chi connectivity index (χ3n) is 12.5. The van der Waals surface area contributed by atoms with Crippen molar-refractivity contribution in [3.05, 3.63) is 0 Å². The fourth-order valence-corrected chi connectivity index (χ4v) is 8.39. The quantitative estimate of drug-likeness (QED) is 0.0344. The summed E-state index contributed by atoms with van der Waals surface area (Å²) in [7, 11) is 0. The van der Waals surface area contributed by atoms with Crippen LogP contribution >= 0.6 is 0 Å². The molecule has 0 amide bonds. The highest BCUT2D eigenvalue weighted by molar-refractivity contribution is 5.71. The van der Waals surface area contributed by atoms with Gasteiger partial charge in [0.05, 0.1) is 0 Å². The molecule has 0 aliphatic heterocycles. The molecule has 0 unspecified atom stereocenters. The molecular formula is C55H106O6. The molecule has 0 saturated carbocycles. The molecule has 6 heteroatoms. The summed E-state index contributed by atoms with van der Waals surface area (Å²) in [4.78, 5) is 38.0. The molecule has 0 fully saturated rings. The van der Waals surface area contributed by atoms with Crippen LogP contribution in [-0.2, 0) is 28.6 Å². The van der Waals surface area contributed by atoms with Crippen molar-refractivity contribution in [1.82, 2.24) is 0 Å². The lowest BCUT2D eigenvalue weighted by molar-refractivity contribution is -0.167. The standard InChI is InChI=1S/C55H106O6/c1-5-7-9-11-13-15-17-19-21-22-24-26-28-30-35-39-43-47-54(57)60-50-52(61-55(58)48-44-40-36-32-31-33-37-41-45-51(3)4)49-59-53(56)46-42-38-34-29-27-25-23-20-18-16-14-12-10-8-6-2/h51-52H,5-50H2,1-4H3/t52-/m1/s1. The predicted molar refractivity (Wildman–Crippen MR) is 261 cm³/mol. The number of carbonyl (C=O) groups is 3. The molecule has 0 N–H and O–H groups in total. The summed E-state index contributed by atoms with van der Waals surface area (Å²) in [6.45, 7) is 9.01. The molecule has 0 aromatic carbocycles. The molecule has 0 aliphatic carbocycles. The van der Waals surface area contributed by atoms with Crippen LogP contribution < -0.4 is 0 Å². The van der Waals surface area contributed by atoms with Gasteiger partial charge in [-0.3, -0.25) is 14.4 Å². The molecule has 0 bridgehead atoms. The average molecular weight is 863 g/mol. The van der Waals surface area contributed by atoms with E-state index in [-0.39, 0.29) is 31.1 Å². The third kappa shape index (κ3) is 49.3. The molecule has 0 heterocycles. The van der Waals surface area contributed by atoms with Crippen molar-refractivity contribution >= 4 is 17.9 Å². The van der Waals surface area contributed by atoms with E-state index in [0.717, 1.165) is 63.7 Å². The van der Waals surface area contributed by atoms with E-state index in [1.165, 1.54) is 205 Å². The van der Waals surface area contributed by atoms with Crippen molar-refractivity contribution in [1.29, 1.82) is 0 Å². The smallest absolute Gasteiger partial charge is 0.306 e. The van der Waals surface area contributed by atoms with Crippen LogP contribution in [0.25, 0.3) is 0 Å². The van der Waals surface area contributed by atoms with Gasteiger partial charge in [-0.25, -0.2) is 0 Å². The van der Waals surface area contributed by atoms with Crippen molar-refractivity contribution < 1.29 is 28.6 Å². The molecule has 0 rings (SSSR count). The van der Waals surface area contributed by atoms with Gasteiger partial charge in [0.15, 0.2) is 6.10 Å². The van der Waals surface area contributed by atoms with Crippen molar-refractivity contribution in [3.8, 4) is 0 Å². The molecule has 0 aliphatic rings. The summed E-state index contributed by atoms with van der Waals surface area (Å²) in [6.07, 6.45) is 52.4. The van der Waals surface area contributed by atoms with Gasteiger partial charge < -0.3 is 14.2 Å². The van der Waals surface area contributed by atoms with Gasteiger partial charge in [0.1, 0.15) is 13.2 Å². The highest BCUT2D eigenvalue weighted by Gasteiger charge is 2.19. The minimum absolute atomic E-state index is 0.0629. The Balaban J connectivity index is 4.26. The monoisotopic (exact) mass is 863 g/mol. The van der Waals surface area contributed by atoms with E-state index in [9.17, 15) is 14.4 Å². The van der Waals surface area contributed by atoms with Gasteiger partial charge in [-0.15, -0.1) is 0 Å². The van der Waals surface area contributed by atoms with E-state index in [4.69, 9.17) is 14.2 Å². The van der Waals surface area contributed by atoms with Crippen LogP contribution in [-0.4, -0.2) is 37.2 Å². The third-order valence-corrected chi connectivity index (χ3v) is 12.5. The maximum Gasteiger partial charge on any atom is 0.306 e. The Hall–Kier alpha value is -1.59. The Morgan fingerprint density at radius 1 is 0.311 bits per heavy atom. The minimum atomic E-state index is -0.761. The first kappa shape index (κ1) is 59.4. The summed E-state index contributed by atoms with van der Waals surface area (Å²) in [5, 5.41) is 0. The second kappa shape index (κ2) is 49.4. The second-order valence-corrected chi connectivity index (χ2v) is 19.3. The molecule has 61 heavy (non-hydrogen) atoms. The van der Waals surface area contributed by atoms with Crippen LogP contribution in [0.15, 0.2) is 0 Å². The first-order valence-electron chi connectivity index (χ1n) is 27.4. The summed E-state index contributed by atoms with van der Waals surface area (Å²) < 4.78 is 16.8. The minimum Gasteiger partial charge on any atom is -0.462 e. The zero-order chi connectivity index (χ0) is 44.5. The van der Waals surface area contributed by atoms with Gasteiger partial charge in [0.2, 0.25) is 0 Å². The van der Waals surface area contributed by atoms with Crippen molar-refractivity contribution in [2.24, 2.45) is 5.92 Å². The number of carbonyl (C=O) groups excluding carboxylic acids is 3. The lowest BCUT2D eigenvalue weighted by Gasteiger charge is -2.18. The summed E-state index contributed by atoms with van der Waals surface area (Å²) in [5.41, 5.74) is 0. The van der Waals surface area contributed by atoms with E-state index in [1.807, 2.05) is 0 Å². The lowest BCUT2D eigenvalue weighted by atomic mass is 10.0. The van der Waals surface area contributed by atoms with Crippen LogP contribution in [0.1, 0.15) is 310 Å². The van der Waals surface area contributed by atoms with Gasteiger partial charge in [-0.2, -0.15) is 0 Å². The van der Waals surface area contributed by atoms with Crippen molar-refractivity contribution in [2.75, 3.05) is 13.2 Å². The number of rotatable bonds is 50. The van der Waals surface area contributed by atoms with Crippen LogP contribution in [0, 0.1) is 5.92 Å². The maximum atomic E-state index is 12.8. The molecule has 6 nitrogen and oxygen atoms in total. The summed E-state index contributed by atoms with van der Waals surface area (Å²) in [5.74, 6) is -0.0491. The molecule has 0 aromatic heterocycles. The van der Waals surface area contributed by atoms with Crippen molar-refractivity contribution in [2.45, 2.75) is 316 Å². The van der Waals surface area contributed by atoms with Crippen LogP contribution in [0.4, 0.5) is 0 Å². The van der Waals surface area contributed by atoms with Gasteiger partial charge in [0, 0.05) is 19.3 Å². The Labute approximate surface area is 380 Å². The van der Waals surface area contributed by atoms with Crippen molar-refractivity contribution in [3.63, 3.8) is 0 Å². The first-order chi connectivity index (χ1) is 29.9. The van der Waals surface area contributed by atoms with E-state index < -0.39 is 6.10 Å². The maximum absolute atomic E-state index is 12.8. The Morgan fingerprint density at radius 2 is 0.541 bits per heavy atom. The van der Waals surface area contributed by atoms with Gasteiger partial charge in [0.25, 0.3) is 0 Å². The van der Waals surface area contributed by atoms with E-state index in [1.54, 1.807) is 0 Å². The Kier molecular flexibility index (Phi) is 48.1. The van der Waals surface area contributed by atoms with E-state index >= 15 is 0 Å². The molecular weight excluding hydrogens is 757 g/mol. The molecule has 0 radical (unpaired) electrons. The molecule has 1 atom stereocenters. The van der Waals surface area contributed by atoms with Crippen LogP contribution in [0.5, 0.6) is 0 Å². The Morgan fingerprint density at radius 3 is 0.803 bits per heavy atom. The largest absolute Gasteiger partial charge is 0.462 e. The molecule has 0 saturated heterocycles. The molecule has 0 aromatic rings. The SMILES string of the molecule is CCCCCCCCCCCCCCCCCCCC(=O)OC[C@@H](COC(=O)CCCCCCCCCCCCCCCCC)OC(=O)CCCCCCCCCCC(C)C. The highest BCUT2D eigenvalue weighted by Crippen LogP contribution is 2.17. The van der Waals surface area contributed by atoms with Crippen LogP contribution in [0.2, 0.25) is 0 Å². The fourth-order valence-electron chi connectivity index (χ4n) is 8.39. The first-order valence-corrected chi connectivity index (χ1v) is 27.4. The zero-order valence-corrected chi connectivity index (χ0v) is 41.6. The van der Waals surface area contributed by atoms with Gasteiger partial charge in [-0.05, 0) is 25.2 Å². The summed E-state index contributed by atoms with van der Waals surface area (Å²) in [6, 6.07) is 0. The highest BCUT2D eigenvalue weighted by atomic mass is 16.6. The predicted octanol–water partition coefficient (Wildman–Crippen LogP) is 17.8. The average Bonchev–Trinajstić information content (AvgIpc) is 3.24. The number of ether oxygens (including phenoxy) is 3. The van der Waals surface area contributed by atoms with Crippen LogP contribution in [0.3, 0.4) is 0 Å². The van der Waals surface area contributed by atoms with E-state index in [2.05, 4.69) is 27.7 Å². The van der Waals surface area contributed by atoms with E-state index in [0.29, 0.717) is 19.3 Å². The van der Waals surface area contributed by atoms with Gasteiger partial charge in [-0.1, -0.05) is 272 Å². The number of esters is 3. The number of hydrogen-bond donors (Lipinski definition) is 0. The summed E-state index contributed by atoms with van der Waals surface area (Å²) >= 11 is 0. The fraction of sp³-hybridized carbons (Fsp3) is 0.945. The zero-order valence-electron chi connectivity index (χ0n) is 41.6.